The van der Waals surface area contributed by atoms with Gasteiger partial charge in [0.1, 0.15) is 5.60 Å². The average molecular weight is 254 g/mol. The number of hydrogen-bond acceptors (Lipinski definition) is 2. The first-order valence-electron chi connectivity index (χ1n) is 7.55. The second-order valence-corrected chi connectivity index (χ2v) is 6.91. The van der Waals surface area contributed by atoms with E-state index >= 15 is 0 Å². The minimum atomic E-state index is -0.311. The fourth-order valence-electron chi connectivity index (χ4n) is 3.02. The van der Waals surface area contributed by atoms with Crippen molar-refractivity contribution in [2.24, 2.45) is 11.3 Å². The highest BCUT2D eigenvalue weighted by Gasteiger charge is 2.39. The summed E-state index contributed by atoms with van der Waals surface area (Å²) in [6.07, 6.45) is 7.50. The van der Waals surface area contributed by atoms with Gasteiger partial charge >= 0.3 is 5.97 Å². The maximum Gasteiger partial charge on any atom is 0.312 e. The van der Waals surface area contributed by atoms with Crippen molar-refractivity contribution in [3.05, 3.63) is 0 Å². The molecule has 0 N–H and O–H groups in total. The largest absolute Gasteiger partial charge is 0.459 e. The first-order valence-corrected chi connectivity index (χ1v) is 7.55. The molecule has 18 heavy (non-hydrogen) atoms. The Labute approximate surface area is 112 Å². The van der Waals surface area contributed by atoms with Gasteiger partial charge in [-0.3, -0.25) is 4.79 Å². The average Bonchev–Trinajstić information content (AvgIpc) is 2.28. The van der Waals surface area contributed by atoms with Crippen LogP contribution in [0.2, 0.25) is 0 Å². The Bertz CT molecular complexity index is 277. The molecule has 2 heteroatoms. The van der Waals surface area contributed by atoms with Gasteiger partial charge in [0.05, 0.1) is 5.41 Å². The van der Waals surface area contributed by atoms with E-state index in [4.69, 9.17) is 4.74 Å². The van der Waals surface area contributed by atoms with Gasteiger partial charge in [-0.1, -0.05) is 27.2 Å². The van der Waals surface area contributed by atoms with Crippen molar-refractivity contribution >= 4 is 5.97 Å². The zero-order valence-corrected chi connectivity index (χ0v) is 12.8. The summed E-state index contributed by atoms with van der Waals surface area (Å²) in [7, 11) is 0. The third-order valence-corrected chi connectivity index (χ3v) is 4.38. The van der Waals surface area contributed by atoms with Crippen LogP contribution in [0.3, 0.4) is 0 Å². The molecule has 0 aliphatic heterocycles. The summed E-state index contributed by atoms with van der Waals surface area (Å²) in [5, 5.41) is 0. The van der Waals surface area contributed by atoms with E-state index in [0.29, 0.717) is 5.92 Å². The van der Waals surface area contributed by atoms with Gasteiger partial charge < -0.3 is 4.74 Å². The van der Waals surface area contributed by atoms with Crippen molar-refractivity contribution < 1.29 is 9.53 Å². The predicted molar refractivity (Wildman–Crippen MR) is 75.4 cm³/mol. The first kappa shape index (κ1) is 15.5. The molecular weight excluding hydrogens is 224 g/mol. The molecule has 106 valence electrons. The van der Waals surface area contributed by atoms with Crippen molar-refractivity contribution in [1.82, 2.24) is 0 Å². The predicted octanol–water partition coefficient (Wildman–Crippen LogP) is 4.71. The summed E-state index contributed by atoms with van der Waals surface area (Å²) in [6.45, 7) is 10.6. The van der Waals surface area contributed by atoms with Crippen LogP contribution in [0.4, 0.5) is 0 Å². The number of ether oxygens (including phenoxy) is 1. The molecule has 1 fully saturated rings. The lowest BCUT2D eigenvalue weighted by Gasteiger charge is -2.37. The van der Waals surface area contributed by atoms with E-state index in [9.17, 15) is 4.79 Å². The molecule has 0 bridgehead atoms. The van der Waals surface area contributed by atoms with Gasteiger partial charge in [-0.25, -0.2) is 0 Å². The summed E-state index contributed by atoms with van der Waals surface area (Å²) >= 11 is 0. The lowest BCUT2D eigenvalue weighted by atomic mass is 9.79. The molecule has 1 saturated carbocycles. The summed E-state index contributed by atoms with van der Waals surface area (Å²) in [4.78, 5) is 12.5. The smallest absolute Gasteiger partial charge is 0.312 e. The minimum Gasteiger partial charge on any atom is -0.459 e. The molecule has 1 aliphatic carbocycles. The summed E-state index contributed by atoms with van der Waals surface area (Å²) in [6, 6.07) is 0. The van der Waals surface area contributed by atoms with Crippen molar-refractivity contribution in [3.63, 3.8) is 0 Å². The highest BCUT2D eigenvalue weighted by atomic mass is 16.6. The van der Waals surface area contributed by atoms with Crippen molar-refractivity contribution in [1.29, 1.82) is 0 Å². The van der Waals surface area contributed by atoms with E-state index in [2.05, 4.69) is 34.6 Å². The SMILES string of the molecule is CCC(C)(CC(C)C)C(=O)OC1(C)CCCCC1. The van der Waals surface area contributed by atoms with Crippen molar-refractivity contribution in [3.8, 4) is 0 Å². The standard InChI is InChI=1S/C16H30O2/c1-6-15(4,12-13(2)3)14(17)18-16(5)10-8-7-9-11-16/h13H,6-12H2,1-5H3. The number of esters is 1. The van der Waals surface area contributed by atoms with Gasteiger partial charge in [0.15, 0.2) is 0 Å². The van der Waals surface area contributed by atoms with Gasteiger partial charge in [-0.05, 0) is 58.3 Å². The molecule has 1 unspecified atom stereocenters. The van der Waals surface area contributed by atoms with Gasteiger partial charge in [-0.15, -0.1) is 0 Å². The zero-order valence-electron chi connectivity index (χ0n) is 12.8. The van der Waals surface area contributed by atoms with Crippen LogP contribution in [0.25, 0.3) is 0 Å². The van der Waals surface area contributed by atoms with Gasteiger partial charge in [-0.2, -0.15) is 0 Å². The molecular formula is C16H30O2. The Morgan fingerprint density at radius 2 is 1.83 bits per heavy atom. The van der Waals surface area contributed by atoms with Crippen LogP contribution in [-0.4, -0.2) is 11.6 Å². The second kappa shape index (κ2) is 6.08. The third-order valence-electron chi connectivity index (χ3n) is 4.38. The number of carbonyl (C=O) groups excluding carboxylic acids is 1. The quantitative estimate of drug-likeness (QED) is 0.664. The van der Waals surface area contributed by atoms with E-state index in [0.717, 1.165) is 25.7 Å². The molecule has 1 aliphatic rings. The van der Waals surface area contributed by atoms with E-state index in [-0.39, 0.29) is 17.0 Å². The van der Waals surface area contributed by atoms with Crippen LogP contribution in [0.1, 0.15) is 79.6 Å². The number of rotatable bonds is 5. The first-order chi connectivity index (χ1) is 8.31. The van der Waals surface area contributed by atoms with Crippen LogP contribution in [-0.2, 0) is 9.53 Å². The van der Waals surface area contributed by atoms with Crippen LogP contribution in [0.5, 0.6) is 0 Å². The van der Waals surface area contributed by atoms with E-state index < -0.39 is 0 Å². The Kier molecular flexibility index (Phi) is 5.24. The highest BCUT2D eigenvalue weighted by molar-refractivity contribution is 5.76. The lowest BCUT2D eigenvalue weighted by Crippen LogP contribution is -2.40. The lowest BCUT2D eigenvalue weighted by molar-refractivity contribution is -0.174. The Hall–Kier alpha value is -0.530. The fourth-order valence-corrected chi connectivity index (χ4v) is 3.02. The van der Waals surface area contributed by atoms with E-state index in [1.165, 1.54) is 19.3 Å². The van der Waals surface area contributed by atoms with Crippen LogP contribution >= 0.6 is 0 Å². The van der Waals surface area contributed by atoms with Crippen molar-refractivity contribution in [2.75, 3.05) is 0 Å². The molecule has 0 aromatic rings. The van der Waals surface area contributed by atoms with Crippen LogP contribution in [0.15, 0.2) is 0 Å². The topological polar surface area (TPSA) is 26.3 Å². The van der Waals surface area contributed by atoms with E-state index in [1.807, 2.05) is 0 Å². The molecule has 0 amide bonds. The monoisotopic (exact) mass is 254 g/mol. The summed E-state index contributed by atoms with van der Waals surface area (Å²) < 4.78 is 5.90. The zero-order chi connectivity index (χ0) is 13.8. The van der Waals surface area contributed by atoms with Crippen molar-refractivity contribution in [2.45, 2.75) is 85.2 Å². The Morgan fingerprint density at radius 3 is 2.28 bits per heavy atom. The molecule has 0 aromatic heterocycles. The second-order valence-electron chi connectivity index (χ2n) is 6.91. The summed E-state index contributed by atoms with van der Waals surface area (Å²) in [5.74, 6) is 0.546. The molecule has 1 rings (SSSR count). The van der Waals surface area contributed by atoms with Crippen LogP contribution < -0.4 is 0 Å². The Balaban J connectivity index is 2.66. The van der Waals surface area contributed by atoms with E-state index in [1.54, 1.807) is 0 Å². The fraction of sp³-hybridized carbons (Fsp3) is 0.938. The summed E-state index contributed by atoms with van der Waals surface area (Å²) in [5.41, 5.74) is -0.517. The van der Waals surface area contributed by atoms with Crippen LogP contribution in [0, 0.1) is 11.3 Å². The maximum absolute atomic E-state index is 12.5. The third kappa shape index (κ3) is 4.00. The number of hydrogen-bond donors (Lipinski definition) is 0. The molecule has 1 atom stereocenters. The molecule has 0 radical (unpaired) electrons. The molecule has 0 saturated heterocycles. The molecule has 0 spiro atoms. The molecule has 0 aromatic carbocycles. The molecule has 0 heterocycles. The van der Waals surface area contributed by atoms with Gasteiger partial charge in [0.25, 0.3) is 0 Å². The minimum absolute atomic E-state index is 0.0168. The van der Waals surface area contributed by atoms with Gasteiger partial charge in [0.2, 0.25) is 0 Å². The van der Waals surface area contributed by atoms with Gasteiger partial charge in [0, 0.05) is 0 Å². The Morgan fingerprint density at radius 1 is 1.28 bits per heavy atom. The molecule has 2 nitrogen and oxygen atoms in total. The normalized spacial score (nSPS) is 22.6. The number of carbonyl (C=O) groups is 1. The maximum atomic E-state index is 12.5. The highest BCUT2D eigenvalue weighted by Crippen LogP contribution is 2.37.